The van der Waals surface area contributed by atoms with Crippen LogP contribution in [-0.2, 0) is 0 Å². The molecule has 0 radical (unpaired) electrons. The zero-order valence-electron chi connectivity index (χ0n) is 20.5. The van der Waals surface area contributed by atoms with Crippen molar-refractivity contribution >= 4 is 34.0 Å². The molecule has 1 atom stereocenters. The van der Waals surface area contributed by atoms with Crippen LogP contribution in [0.5, 0.6) is 11.5 Å². The number of hydrogen-bond acceptors (Lipinski definition) is 9. The van der Waals surface area contributed by atoms with Gasteiger partial charge in [-0.3, -0.25) is 0 Å². The van der Waals surface area contributed by atoms with Crippen molar-refractivity contribution in [3.8, 4) is 11.5 Å². The Bertz CT molecular complexity index is 1590. The Morgan fingerprint density at radius 2 is 2.05 bits per heavy atom. The van der Waals surface area contributed by atoms with Crippen molar-refractivity contribution in [1.82, 2.24) is 34.9 Å². The maximum Gasteiger partial charge on any atom is 0.160 e. The third-order valence-corrected chi connectivity index (χ3v) is 6.54. The molecule has 0 amide bonds. The highest BCUT2D eigenvalue weighted by Crippen LogP contribution is 2.32. The van der Waals surface area contributed by atoms with Crippen molar-refractivity contribution in [3.63, 3.8) is 0 Å². The minimum absolute atomic E-state index is 0.276. The minimum atomic E-state index is -0.472. The summed E-state index contributed by atoms with van der Waals surface area (Å²) in [5.74, 6) is 1.78. The van der Waals surface area contributed by atoms with Gasteiger partial charge < -0.3 is 20.3 Å². The van der Waals surface area contributed by atoms with E-state index < -0.39 is 5.82 Å². The Balaban J connectivity index is 1.28. The van der Waals surface area contributed by atoms with Gasteiger partial charge in [0.25, 0.3) is 0 Å². The highest BCUT2D eigenvalue weighted by atomic mass is 19.1. The van der Waals surface area contributed by atoms with Crippen LogP contribution in [0.25, 0.3) is 16.7 Å². The first-order valence-corrected chi connectivity index (χ1v) is 12.2. The van der Waals surface area contributed by atoms with Crippen LogP contribution in [0.1, 0.15) is 18.9 Å². The number of anilines is 3. The van der Waals surface area contributed by atoms with E-state index in [1.165, 1.54) is 18.7 Å². The summed E-state index contributed by atoms with van der Waals surface area (Å²) in [4.78, 5) is 20.0. The number of ether oxygens (including phenoxy) is 1. The third-order valence-electron chi connectivity index (χ3n) is 6.54. The lowest BCUT2D eigenvalue weighted by Crippen LogP contribution is -2.50. The van der Waals surface area contributed by atoms with Crippen LogP contribution in [0.2, 0.25) is 0 Å². The Hall–Kier alpha value is -4.38. The summed E-state index contributed by atoms with van der Waals surface area (Å²) in [7, 11) is 0. The lowest BCUT2D eigenvalue weighted by Gasteiger charge is -2.34. The molecular weight excluding hydrogens is 473 g/mol. The van der Waals surface area contributed by atoms with E-state index in [-0.39, 0.29) is 5.69 Å². The summed E-state index contributed by atoms with van der Waals surface area (Å²) in [5, 5.41) is 10.7. The van der Waals surface area contributed by atoms with Gasteiger partial charge in [0.05, 0.1) is 11.2 Å². The normalized spacial score (nSPS) is 15.9. The monoisotopic (exact) mass is 499 g/mol. The number of halogens is 1. The molecule has 188 valence electrons. The number of aryl methyl sites for hydroxylation is 1. The van der Waals surface area contributed by atoms with E-state index in [1.54, 1.807) is 28.9 Å². The van der Waals surface area contributed by atoms with Gasteiger partial charge in [-0.05, 0) is 43.2 Å². The van der Waals surface area contributed by atoms with Crippen LogP contribution in [-0.4, -0.2) is 55.2 Å². The second-order valence-corrected chi connectivity index (χ2v) is 9.01. The molecule has 0 saturated carbocycles. The van der Waals surface area contributed by atoms with Crippen LogP contribution in [0.4, 0.5) is 21.7 Å². The third kappa shape index (κ3) is 4.60. The molecule has 11 heteroatoms. The zero-order chi connectivity index (χ0) is 25.4. The fraction of sp³-hybridized carbons (Fsp3) is 0.269. The van der Waals surface area contributed by atoms with Crippen LogP contribution in [0.3, 0.4) is 0 Å². The standard InChI is InChI=1S/C26H26FN9O/c1-3-17-13-35(9-7-28-17)23-5-4-20-25(34-23)26(31-14-29-20)33-21-10-16(2)22(12-19(21)27)37-18-6-8-36-24(11-18)30-15-32-36/h4-6,8,10-12,14-15,17,28H,3,7,9,13H2,1-2H3,(H,29,31,33). The Morgan fingerprint density at radius 3 is 2.95 bits per heavy atom. The molecule has 1 aliphatic heterocycles. The molecular formula is C26H26FN9O. The topological polar surface area (TPSA) is 105 Å². The summed E-state index contributed by atoms with van der Waals surface area (Å²) in [5.41, 5.74) is 2.94. The molecule has 1 saturated heterocycles. The summed E-state index contributed by atoms with van der Waals surface area (Å²) < 4.78 is 22.8. The summed E-state index contributed by atoms with van der Waals surface area (Å²) >= 11 is 0. The van der Waals surface area contributed by atoms with Gasteiger partial charge in [-0.1, -0.05) is 6.92 Å². The lowest BCUT2D eigenvalue weighted by molar-refractivity contribution is 0.445. The molecule has 0 spiro atoms. The molecule has 2 N–H and O–H groups in total. The maximum atomic E-state index is 15.2. The van der Waals surface area contributed by atoms with Crippen molar-refractivity contribution in [1.29, 1.82) is 0 Å². The van der Waals surface area contributed by atoms with Crippen molar-refractivity contribution in [2.45, 2.75) is 26.3 Å². The predicted molar refractivity (Wildman–Crippen MR) is 139 cm³/mol. The molecule has 37 heavy (non-hydrogen) atoms. The van der Waals surface area contributed by atoms with Gasteiger partial charge in [-0.15, -0.1) is 0 Å². The molecule has 4 aromatic heterocycles. The van der Waals surface area contributed by atoms with Crippen molar-refractivity contribution in [3.05, 3.63) is 66.6 Å². The fourth-order valence-corrected chi connectivity index (χ4v) is 4.49. The quantitative estimate of drug-likeness (QED) is 0.355. The number of hydrogen-bond donors (Lipinski definition) is 2. The number of nitrogens with zero attached hydrogens (tertiary/aromatic N) is 7. The molecule has 5 heterocycles. The average molecular weight is 500 g/mol. The highest BCUT2D eigenvalue weighted by Gasteiger charge is 2.20. The molecule has 10 nitrogen and oxygen atoms in total. The van der Waals surface area contributed by atoms with Crippen LogP contribution in [0, 0.1) is 12.7 Å². The first-order chi connectivity index (χ1) is 18.1. The summed E-state index contributed by atoms with van der Waals surface area (Å²) in [6, 6.07) is 10.9. The number of benzene rings is 1. The summed E-state index contributed by atoms with van der Waals surface area (Å²) in [6.45, 7) is 6.68. The number of piperazine rings is 1. The van der Waals surface area contributed by atoms with Gasteiger partial charge in [-0.2, -0.15) is 5.10 Å². The zero-order valence-corrected chi connectivity index (χ0v) is 20.5. The largest absolute Gasteiger partial charge is 0.457 e. The highest BCUT2D eigenvalue weighted by molar-refractivity contribution is 5.88. The van der Waals surface area contributed by atoms with E-state index in [2.05, 4.69) is 42.5 Å². The van der Waals surface area contributed by atoms with Crippen molar-refractivity contribution < 1.29 is 9.13 Å². The molecule has 0 aliphatic carbocycles. The van der Waals surface area contributed by atoms with Crippen LogP contribution < -0.4 is 20.3 Å². The van der Waals surface area contributed by atoms with E-state index >= 15 is 4.39 Å². The minimum Gasteiger partial charge on any atom is -0.457 e. The second-order valence-electron chi connectivity index (χ2n) is 9.01. The van der Waals surface area contributed by atoms with E-state index in [4.69, 9.17) is 9.72 Å². The Morgan fingerprint density at radius 1 is 1.14 bits per heavy atom. The Labute approximate surface area is 212 Å². The van der Waals surface area contributed by atoms with Gasteiger partial charge in [0.2, 0.25) is 0 Å². The van der Waals surface area contributed by atoms with Crippen molar-refractivity contribution in [2.24, 2.45) is 0 Å². The van der Waals surface area contributed by atoms with Crippen molar-refractivity contribution in [2.75, 3.05) is 29.9 Å². The Kier molecular flexibility index (Phi) is 5.97. The van der Waals surface area contributed by atoms with Gasteiger partial charge in [0, 0.05) is 44.0 Å². The van der Waals surface area contributed by atoms with E-state index in [0.717, 1.165) is 37.4 Å². The fourth-order valence-electron chi connectivity index (χ4n) is 4.49. The average Bonchev–Trinajstić information content (AvgIpc) is 3.39. The number of rotatable bonds is 6. The second kappa shape index (κ2) is 9.58. The smallest absolute Gasteiger partial charge is 0.160 e. The van der Waals surface area contributed by atoms with E-state index in [1.807, 2.05) is 19.1 Å². The molecule has 1 unspecified atom stereocenters. The number of nitrogens with one attached hydrogen (secondary N) is 2. The first-order valence-electron chi connectivity index (χ1n) is 12.2. The molecule has 6 rings (SSSR count). The van der Waals surface area contributed by atoms with E-state index in [0.29, 0.717) is 40.0 Å². The molecule has 1 aliphatic rings. The van der Waals surface area contributed by atoms with Gasteiger partial charge in [0.15, 0.2) is 11.5 Å². The number of pyridine rings is 2. The van der Waals surface area contributed by atoms with Crippen LogP contribution in [0.15, 0.2) is 55.2 Å². The SMILES string of the molecule is CCC1CN(c2ccc3ncnc(Nc4cc(C)c(Oc5ccn6ncnc6c5)cc4F)c3n2)CCN1. The number of aromatic nitrogens is 6. The lowest BCUT2D eigenvalue weighted by atomic mass is 10.1. The maximum absolute atomic E-state index is 15.2. The summed E-state index contributed by atoms with van der Waals surface area (Å²) in [6.07, 6.45) is 5.70. The first kappa shape index (κ1) is 23.0. The molecule has 1 aromatic carbocycles. The predicted octanol–water partition coefficient (Wildman–Crippen LogP) is 4.24. The number of fused-ring (bicyclic) bond motifs is 2. The molecule has 0 bridgehead atoms. The van der Waals surface area contributed by atoms with E-state index in [9.17, 15) is 0 Å². The molecule has 1 fully saturated rings. The van der Waals surface area contributed by atoms with Gasteiger partial charge >= 0.3 is 0 Å². The van der Waals surface area contributed by atoms with Gasteiger partial charge in [0.1, 0.15) is 41.3 Å². The van der Waals surface area contributed by atoms with Gasteiger partial charge in [-0.25, -0.2) is 28.8 Å². The van der Waals surface area contributed by atoms with Crippen LogP contribution >= 0.6 is 0 Å². The molecule has 5 aromatic rings.